The lowest BCUT2D eigenvalue weighted by Crippen LogP contribution is -2.41. The van der Waals surface area contributed by atoms with Crippen molar-refractivity contribution in [2.24, 2.45) is 0 Å². The molecule has 0 bridgehead atoms. The fourth-order valence-electron chi connectivity index (χ4n) is 10.4. The summed E-state index contributed by atoms with van der Waals surface area (Å²) in [5, 5.41) is 67.5. The van der Waals surface area contributed by atoms with Crippen LogP contribution >= 0.6 is 68.0 Å². The number of hydrogen-bond donors (Lipinski definition) is 9. The van der Waals surface area contributed by atoms with Gasteiger partial charge >= 0.3 is 0 Å². The average Bonchev–Trinajstić information content (AvgIpc) is 4.02. The number of phenols is 3. The third-order valence-corrected chi connectivity index (χ3v) is 21.5. The van der Waals surface area contributed by atoms with E-state index in [0.717, 1.165) is 187 Å². The lowest BCUT2D eigenvalue weighted by Gasteiger charge is -2.34. The molecule has 15 rings (SSSR count). The van der Waals surface area contributed by atoms with Gasteiger partial charge in [0.1, 0.15) is 32.3 Å². The van der Waals surface area contributed by atoms with Crippen molar-refractivity contribution in [1.82, 2.24) is 75.6 Å². The topological polar surface area (TPSA) is 270 Å². The van der Waals surface area contributed by atoms with Gasteiger partial charge < -0.3 is 46.0 Å². The van der Waals surface area contributed by atoms with E-state index >= 15 is 0 Å². The number of thiazole rings is 6. The Hall–Kier alpha value is -7.47. The number of nitrogens with zero attached hydrogens (tertiary/aromatic N) is 12. The van der Waals surface area contributed by atoms with E-state index < -0.39 is 0 Å². The van der Waals surface area contributed by atoms with Gasteiger partial charge in [-0.05, 0) is 145 Å². The van der Waals surface area contributed by atoms with Crippen LogP contribution in [0.5, 0.6) is 17.2 Å². The molecule has 0 saturated carbocycles. The van der Waals surface area contributed by atoms with Crippen LogP contribution < -0.4 is 20.9 Å². The fraction of sp³-hybridized carbons (Fsp3) is 0.316. The standard InChI is InChI=1S/C20H22N6OS2.C19H20N6OS2.C18H18N6OS2/c1-25-7-5-14(6-8-25)26(2)20-24-19-18(29-20)23-17(28-19)15-4-3-12(9-16(15)27)13-10-21-22-11-13;1-25-6-4-13(5-7-25)22-19-24-18-17(28-19)23-16(27-18)14-3-2-11(8-15(14)26)12-9-20-21-10-12;25-14-7-10(11-8-20-21-9-11)1-2-13(14)15-23-16-17(26-15)24-18(27-16)22-12-3-5-19-6-4-12/h3-4,9-11,14,27H,5-8H2,1-2H3,(H,21,22);2-3,8-10,13,26H,4-7H2,1H3,(H,20,21)(H,22,24);1-2,7-9,12,19,25H,3-6H2,(H,20,21)(H,22,24). The molecule has 84 heavy (non-hydrogen) atoms. The van der Waals surface area contributed by atoms with Crippen LogP contribution in [-0.2, 0) is 0 Å². The Kier molecular flexibility index (Phi) is 16.3. The molecule has 9 N–H and O–H groups in total. The Morgan fingerprint density at radius 3 is 1.23 bits per heavy atom. The van der Waals surface area contributed by atoms with E-state index in [1.54, 1.807) is 89.4 Å². The molecule has 432 valence electrons. The summed E-state index contributed by atoms with van der Waals surface area (Å²) in [5.74, 6) is 0.640. The van der Waals surface area contributed by atoms with Crippen LogP contribution in [0.2, 0.25) is 0 Å². The smallest absolute Gasteiger partial charge is 0.188 e. The molecule has 0 amide bonds. The first kappa shape index (κ1) is 55.7. The zero-order chi connectivity index (χ0) is 57.3. The molecule has 3 aromatic carbocycles. The number of piperidine rings is 3. The molecule has 0 aliphatic carbocycles. The summed E-state index contributed by atoms with van der Waals surface area (Å²) in [6, 6.07) is 18.3. The van der Waals surface area contributed by atoms with Crippen molar-refractivity contribution in [3.05, 3.63) is 91.8 Å². The van der Waals surface area contributed by atoms with Crippen molar-refractivity contribution in [1.29, 1.82) is 0 Å². The third-order valence-electron chi connectivity index (χ3n) is 15.3. The molecule has 9 aromatic heterocycles. The number of phenolic OH excluding ortho intramolecular Hbond substituents is 3. The summed E-state index contributed by atoms with van der Waals surface area (Å²) in [7, 11) is 6.48. The van der Waals surface area contributed by atoms with Gasteiger partial charge in [-0.15, -0.1) is 0 Å². The normalized spacial score (nSPS) is 15.8. The Morgan fingerprint density at radius 2 is 0.845 bits per heavy atom. The number of hydrogen-bond acceptors (Lipinski definition) is 24. The first-order chi connectivity index (χ1) is 41.0. The highest BCUT2D eigenvalue weighted by atomic mass is 32.1. The van der Waals surface area contributed by atoms with Crippen LogP contribution in [0.4, 0.5) is 15.4 Å². The maximum Gasteiger partial charge on any atom is 0.188 e. The van der Waals surface area contributed by atoms with Gasteiger partial charge in [0.25, 0.3) is 0 Å². The van der Waals surface area contributed by atoms with Crippen molar-refractivity contribution < 1.29 is 15.3 Å². The summed E-state index contributed by atoms with van der Waals surface area (Å²) < 4.78 is 0. The minimum absolute atomic E-state index is 0.211. The number of aromatic hydroxyl groups is 3. The number of likely N-dealkylation sites (tertiary alicyclic amines) is 2. The SMILES string of the molecule is CN1CCC(N(C)c2nc3sc(-c4ccc(-c5cn[nH]c5)cc4O)nc3s2)CC1.CN1CCC(Nc2nc3sc(-c4ccc(-c5cn[nH]c5)cc4O)nc3s2)CC1.Oc1cc(-c2cn[nH]c2)ccc1-c1nc2sc(NC3CCNCC3)nc2s1. The van der Waals surface area contributed by atoms with Crippen molar-refractivity contribution >= 4 is 112 Å². The molecule has 3 aliphatic rings. The highest BCUT2D eigenvalue weighted by molar-refractivity contribution is 7.31. The Bertz CT molecular complexity index is 4030. The van der Waals surface area contributed by atoms with E-state index in [0.29, 0.717) is 18.1 Å². The van der Waals surface area contributed by atoms with Crippen LogP contribution in [0.15, 0.2) is 91.8 Å². The molecule has 27 heteroatoms. The average molecular weight is 1240 g/mol. The van der Waals surface area contributed by atoms with Gasteiger partial charge in [-0.25, -0.2) is 29.9 Å². The molecule has 12 heterocycles. The van der Waals surface area contributed by atoms with E-state index in [1.165, 1.54) is 34.0 Å². The summed E-state index contributed by atoms with van der Waals surface area (Å²) in [6.07, 6.45) is 17.4. The molecule has 3 aliphatic heterocycles. The third kappa shape index (κ3) is 12.4. The Balaban J connectivity index is 0.000000118. The van der Waals surface area contributed by atoms with E-state index in [4.69, 9.17) is 24.9 Å². The van der Waals surface area contributed by atoms with Crippen LogP contribution in [0.1, 0.15) is 38.5 Å². The second kappa shape index (κ2) is 24.6. The molecule has 0 spiro atoms. The Morgan fingerprint density at radius 1 is 0.464 bits per heavy atom. The van der Waals surface area contributed by atoms with Crippen molar-refractivity contribution in [2.75, 3.05) is 75.9 Å². The molecule has 12 aromatic rings. The number of benzene rings is 3. The second-order valence-corrected chi connectivity index (χ2v) is 27.0. The van der Waals surface area contributed by atoms with E-state index in [2.05, 4.69) is 87.4 Å². The molecular formula is C57H60N18O3S6. The summed E-state index contributed by atoms with van der Waals surface area (Å²) >= 11 is 9.34. The second-order valence-electron chi connectivity index (χ2n) is 21.1. The van der Waals surface area contributed by atoms with Crippen LogP contribution in [0.3, 0.4) is 0 Å². The van der Waals surface area contributed by atoms with E-state index in [-0.39, 0.29) is 17.2 Å². The van der Waals surface area contributed by atoms with Gasteiger partial charge in [-0.1, -0.05) is 86.2 Å². The monoisotopic (exact) mass is 1240 g/mol. The summed E-state index contributed by atoms with van der Waals surface area (Å²) in [5.41, 5.74) is 7.75. The largest absolute Gasteiger partial charge is 0.507 e. The van der Waals surface area contributed by atoms with Crippen LogP contribution in [-0.4, -0.2) is 164 Å². The molecule has 21 nitrogen and oxygen atoms in total. The predicted molar refractivity (Wildman–Crippen MR) is 343 cm³/mol. The van der Waals surface area contributed by atoms with E-state index in [9.17, 15) is 15.3 Å². The fourth-order valence-corrected chi connectivity index (χ4v) is 16.7. The van der Waals surface area contributed by atoms with Gasteiger partial charge in [-0.2, -0.15) is 15.3 Å². The number of aromatic nitrogens is 12. The minimum atomic E-state index is 0.211. The molecule has 0 radical (unpaired) electrons. The highest BCUT2D eigenvalue weighted by Crippen LogP contribution is 2.44. The molecule has 0 unspecified atom stereocenters. The lowest BCUT2D eigenvalue weighted by atomic mass is 10.0. The number of rotatable bonds is 12. The molecule has 3 saturated heterocycles. The first-order valence-electron chi connectivity index (χ1n) is 27.6. The predicted octanol–water partition coefficient (Wildman–Crippen LogP) is 11.7. The summed E-state index contributed by atoms with van der Waals surface area (Å²) in [4.78, 5) is 40.9. The van der Waals surface area contributed by atoms with Gasteiger partial charge in [0.05, 0.1) is 35.3 Å². The first-order valence-corrected chi connectivity index (χ1v) is 32.5. The molecular weight excluding hydrogens is 1180 g/mol. The van der Waals surface area contributed by atoms with Crippen molar-refractivity contribution in [3.8, 4) is 82.3 Å². The van der Waals surface area contributed by atoms with Crippen LogP contribution in [0.25, 0.3) is 94.1 Å². The Labute approximate surface area is 506 Å². The molecule has 0 atom stereocenters. The maximum atomic E-state index is 10.5. The number of aromatic amines is 3. The maximum absolute atomic E-state index is 10.5. The minimum Gasteiger partial charge on any atom is -0.507 e. The zero-order valence-electron chi connectivity index (χ0n) is 46.0. The van der Waals surface area contributed by atoms with E-state index in [1.807, 2.05) is 36.4 Å². The quantitative estimate of drug-likeness (QED) is 0.0550. The number of nitrogens with one attached hydrogen (secondary N) is 6. The van der Waals surface area contributed by atoms with Gasteiger partial charge in [0, 0.05) is 60.5 Å². The van der Waals surface area contributed by atoms with Crippen LogP contribution in [0, 0.1) is 0 Å². The van der Waals surface area contributed by atoms with Crippen molar-refractivity contribution in [2.45, 2.75) is 56.7 Å². The van der Waals surface area contributed by atoms with Gasteiger partial charge in [0.15, 0.2) is 44.4 Å². The van der Waals surface area contributed by atoms with Gasteiger partial charge in [-0.3, -0.25) is 15.3 Å². The molecule has 3 fully saturated rings. The van der Waals surface area contributed by atoms with Crippen molar-refractivity contribution in [3.63, 3.8) is 0 Å². The number of anilines is 3. The lowest BCUT2D eigenvalue weighted by molar-refractivity contribution is 0.253. The number of H-pyrrole nitrogens is 3. The highest BCUT2D eigenvalue weighted by Gasteiger charge is 2.26. The zero-order valence-corrected chi connectivity index (χ0v) is 50.9. The number of fused-ring (bicyclic) bond motifs is 3. The van der Waals surface area contributed by atoms with Gasteiger partial charge in [0.2, 0.25) is 0 Å². The summed E-state index contributed by atoms with van der Waals surface area (Å²) in [6.45, 7) is 6.60.